The van der Waals surface area contributed by atoms with E-state index in [2.05, 4.69) is 47.6 Å². The summed E-state index contributed by atoms with van der Waals surface area (Å²) < 4.78 is 18.5. The number of rotatable bonds is 3. The van der Waals surface area contributed by atoms with Crippen LogP contribution in [0.2, 0.25) is 0 Å². The maximum Gasteiger partial charge on any atom is 0.336 e. The predicted octanol–water partition coefficient (Wildman–Crippen LogP) is 6.04. The number of benzene rings is 2. The molecule has 26 heavy (non-hydrogen) atoms. The van der Waals surface area contributed by atoms with Crippen LogP contribution in [-0.4, -0.2) is 5.97 Å². The average Bonchev–Trinajstić information content (AvgIpc) is 2.52. The fourth-order valence-corrected chi connectivity index (χ4v) is 2.55. The third-order valence-electron chi connectivity index (χ3n) is 4.15. The van der Waals surface area contributed by atoms with Gasteiger partial charge in [0.1, 0.15) is 11.6 Å². The number of hydrogen-bond donors (Lipinski definition) is 0. The van der Waals surface area contributed by atoms with Gasteiger partial charge in [0, 0.05) is 11.6 Å². The molecule has 0 aliphatic heterocycles. The van der Waals surface area contributed by atoms with Gasteiger partial charge in [0.15, 0.2) is 0 Å². The van der Waals surface area contributed by atoms with E-state index >= 15 is 0 Å². The molecule has 0 fully saturated rings. The van der Waals surface area contributed by atoms with Crippen LogP contribution in [0.25, 0.3) is 6.08 Å². The molecule has 2 aromatic carbocycles. The highest BCUT2D eigenvalue weighted by Crippen LogP contribution is 2.35. The van der Waals surface area contributed by atoms with Crippen LogP contribution in [-0.2, 0) is 15.6 Å². The Bertz CT molecular complexity index is 804. The van der Waals surface area contributed by atoms with Gasteiger partial charge in [0.2, 0.25) is 0 Å². The van der Waals surface area contributed by atoms with Crippen molar-refractivity contribution >= 4 is 12.0 Å². The van der Waals surface area contributed by atoms with E-state index in [0.29, 0.717) is 5.75 Å². The molecule has 0 N–H and O–H groups in total. The van der Waals surface area contributed by atoms with Gasteiger partial charge in [-0.2, -0.15) is 0 Å². The summed E-state index contributed by atoms with van der Waals surface area (Å²) in [6.45, 7) is 12.8. The van der Waals surface area contributed by atoms with Crippen molar-refractivity contribution in [3.63, 3.8) is 0 Å². The molecule has 0 atom stereocenters. The Morgan fingerprint density at radius 1 is 0.923 bits per heavy atom. The Balaban J connectivity index is 2.25. The number of carbonyl (C=O) groups is 1. The van der Waals surface area contributed by atoms with Crippen molar-refractivity contribution in [3.05, 3.63) is 71.0 Å². The molecule has 0 unspecified atom stereocenters. The molecule has 0 saturated carbocycles. The van der Waals surface area contributed by atoms with Crippen molar-refractivity contribution < 1.29 is 13.9 Å². The Kier molecular flexibility index (Phi) is 5.70. The van der Waals surface area contributed by atoms with E-state index in [4.69, 9.17) is 4.74 Å². The largest absolute Gasteiger partial charge is 0.423 e. The van der Waals surface area contributed by atoms with Gasteiger partial charge in [0.05, 0.1) is 0 Å². The lowest BCUT2D eigenvalue weighted by molar-refractivity contribution is -0.128. The van der Waals surface area contributed by atoms with Crippen LogP contribution in [0, 0.1) is 5.82 Å². The van der Waals surface area contributed by atoms with Gasteiger partial charge in [-0.1, -0.05) is 65.8 Å². The normalized spacial score (nSPS) is 12.4. The lowest BCUT2D eigenvalue weighted by Crippen LogP contribution is -2.18. The third kappa shape index (κ3) is 5.29. The number of halogens is 1. The van der Waals surface area contributed by atoms with Gasteiger partial charge in [-0.3, -0.25) is 0 Å². The standard InChI is InChI=1S/C23H27FO2/c1-22(2,3)17-10-13-20(19(15-17)23(4,5)6)26-21(25)14-9-16-7-11-18(24)12-8-16/h7-15H,1-6H3. The van der Waals surface area contributed by atoms with Crippen molar-refractivity contribution in [2.75, 3.05) is 0 Å². The zero-order chi connectivity index (χ0) is 19.5. The van der Waals surface area contributed by atoms with Gasteiger partial charge in [-0.25, -0.2) is 9.18 Å². The quantitative estimate of drug-likeness (QED) is 0.381. The Labute approximate surface area is 155 Å². The summed E-state index contributed by atoms with van der Waals surface area (Å²) in [6, 6.07) is 11.9. The molecule has 2 rings (SSSR count). The lowest BCUT2D eigenvalue weighted by Gasteiger charge is -2.26. The van der Waals surface area contributed by atoms with Crippen molar-refractivity contribution in [3.8, 4) is 5.75 Å². The average molecular weight is 354 g/mol. The van der Waals surface area contributed by atoms with Crippen molar-refractivity contribution in [2.24, 2.45) is 0 Å². The fraction of sp³-hybridized carbons (Fsp3) is 0.348. The molecule has 0 heterocycles. The van der Waals surface area contributed by atoms with Crippen LogP contribution in [0.1, 0.15) is 58.2 Å². The molecule has 2 nitrogen and oxygen atoms in total. The molecular formula is C23H27FO2. The van der Waals surface area contributed by atoms with Crippen molar-refractivity contribution in [2.45, 2.75) is 52.4 Å². The molecular weight excluding hydrogens is 327 g/mol. The Morgan fingerprint density at radius 3 is 2.08 bits per heavy atom. The number of ether oxygens (including phenoxy) is 1. The maximum atomic E-state index is 12.9. The van der Waals surface area contributed by atoms with Crippen LogP contribution >= 0.6 is 0 Å². The molecule has 3 heteroatoms. The third-order valence-corrected chi connectivity index (χ3v) is 4.15. The van der Waals surface area contributed by atoms with Crippen LogP contribution in [0.15, 0.2) is 48.5 Å². The number of carbonyl (C=O) groups excluding carboxylic acids is 1. The van der Waals surface area contributed by atoms with Crippen molar-refractivity contribution in [1.82, 2.24) is 0 Å². The van der Waals surface area contributed by atoms with Gasteiger partial charge >= 0.3 is 5.97 Å². The summed E-state index contributed by atoms with van der Waals surface area (Å²) in [7, 11) is 0. The molecule has 138 valence electrons. The van der Waals surface area contributed by atoms with Gasteiger partial charge in [-0.05, 0) is 46.2 Å². The smallest absolute Gasteiger partial charge is 0.336 e. The summed E-state index contributed by atoms with van der Waals surface area (Å²) in [5.41, 5.74) is 2.79. The first-order valence-corrected chi connectivity index (χ1v) is 8.77. The molecule has 0 radical (unpaired) electrons. The Morgan fingerprint density at radius 2 is 1.54 bits per heavy atom. The fourth-order valence-electron chi connectivity index (χ4n) is 2.55. The van der Waals surface area contributed by atoms with Crippen LogP contribution < -0.4 is 4.74 Å². The number of hydrogen-bond acceptors (Lipinski definition) is 2. The van der Waals surface area contributed by atoms with E-state index in [1.54, 1.807) is 18.2 Å². The van der Waals surface area contributed by atoms with Crippen molar-refractivity contribution in [1.29, 1.82) is 0 Å². The lowest BCUT2D eigenvalue weighted by atomic mass is 9.80. The maximum absolute atomic E-state index is 12.9. The minimum absolute atomic E-state index is 0.0189. The molecule has 0 amide bonds. The van der Waals surface area contributed by atoms with E-state index in [-0.39, 0.29) is 16.6 Å². The van der Waals surface area contributed by atoms with Crippen LogP contribution in [0.4, 0.5) is 4.39 Å². The monoisotopic (exact) mass is 354 g/mol. The summed E-state index contributed by atoms with van der Waals surface area (Å²) in [5.74, 6) is -0.193. The number of esters is 1. The summed E-state index contributed by atoms with van der Waals surface area (Å²) >= 11 is 0. The minimum Gasteiger partial charge on any atom is -0.423 e. The molecule has 0 saturated heterocycles. The topological polar surface area (TPSA) is 26.3 Å². The van der Waals surface area contributed by atoms with Gasteiger partial charge in [-0.15, -0.1) is 0 Å². The first kappa shape index (κ1) is 19.9. The summed E-state index contributed by atoms with van der Waals surface area (Å²) in [4.78, 5) is 12.2. The Hall–Kier alpha value is -2.42. The zero-order valence-electron chi connectivity index (χ0n) is 16.4. The molecule has 0 spiro atoms. The van der Waals surface area contributed by atoms with Gasteiger partial charge in [0.25, 0.3) is 0 Å². The van der Waals surface area contributed by atoms with E-state index in [0.717, 1.165) is 11.1 Å². The molecule has 0 bridgehead atoms. The highest BCUT2D eigenvalue weighted by molar-refractivity contribution is 5.88. The predicted molar refractivity (Wildman–Crippen MR) is 105 cm³/mol. The first-order chi connectivity index (χ1) is 12.0. The minimum atomic E-state index is -0.455. The zero-order valence-corrected chi connectivity index (χ0v) is 16.4. The molecule has 2 aromatic rings. The van der Waals surface area contributed by atoms with E-state index in [9.17, 15) is 9.18 Å². The molecule has 0 aliphatic carbocycles. The van der Waals surface area contributed by atoms with E-state index in [1.165, 1.54) is 23.8 Å². The second kappa shape index (κ2) is 7.45. The molecule has 0 aromatic heterocycles. The first-order valence-electron chi connectivity index (χ1n) is 8.77. The molecule has 0 aliphatic rings. The van der Waals surface area contributed by atoms with Crippen LogP contribution in [0.3, 0.4) is 0 Å². The van der Waals surface area contributed by atoms with Gasteiger partial charge < -0.3 is 4.74 Å². The summed E-state index contributed by atoms with van der Waals surface area (Å²) in [6.07, 6.45) is 2.97. The highest BCUT2D eigenvalue weighted by atomic mass is 19.1. The SMILES string of the molecule is CC(C)(C)c1ccc(OC(=O)C=Cc2ccc(F)cc2)c(C(C)(C)C)c1. The van der Waals surface area contributed by atoms with E-state index in [1.807, 2.05) is 12.1 Å². The second-order valence-corrected chi connectivity index (χ2v) is 8.52. The van der Waals surface area contributed by atoms with Crippen LogP contribution in [0.5, 0.6) is 5.75 Å². The highest BCUT2D eigenvalue weighted by Gasteiger charge is 2.23. The second-order valence-electron chi connectivity index (χ2n) is 8.52. The van der Waals surface area contributed by atoms with E-state index < -0.39 is 5.97 Å². The summed E-state index contributed by atoms with van der Waals surface area (Å²) in [5, 5.41) is 0.